The van der Waals surface area contributed by atoms with E-state index in [-0.39, 0.29) is 17.0 Å². The summed E-state index contributed by atoms with van der Waals surface area (Å²) in [4.78, 5) is 0. The molecule has 2 aliphatic rings. The molecule has 3 atom stereocenters. The zero-order valence-electron chi connectivity index (χ0n) is 8.22. The highest BCUT2D eigenvalue weighted by molar-refractivity contribution is 4.83. The molecule has 1 nitrogen and oxygen atoms in total. The van der Waals surface area contributed by atoms with E-state index in [1.165, 1.54) is 43.3 Å². The van der Waals surface area contributed by atoms with Gasteiger partial charge in [-0.15, -0.1) is 0 Å². The first-order valence-corrected chi connectivity index (χ1v) is 5.09. The first kappa shape index (κ1) is 10.5. The lowest BCUT2D eigenvalue weighted by atomic mass is 10.1. The van der Waals surface area contributed by atoms with E-state index in [2.05, 4.69) is 14.0 Å². The summed E-state index contributed by atoms with van der Waals surface area (Å²) in [6.07, 6.45) is 5.94. The third-order valence-corrected chi connectivity index (χ3v) is 3.80. The molecule has 2 heteroatoms. The van der Waals surface area contributed by atoms with Gasteiger partial charge >= 0.3 is 0 Å². The Balaban J connectivity index is 0.000000720. The molecule has 3 unspecified atom stereocenters. The van der Waals surface area contributed by atoms with Gasteiger partial charge in [0, 0.05) is 12.3 Å². The number of rotatable bonds is 2. The normalized spacial score (nSPS) is 44.5. The third-order valence-electron chi connectivity index (χ3n) is 3.80. The van der Waals surface area contributed by atoms with E-state index in [1.54, 1.807) is 0 Å². The molecule has 1 aliphatic carbocycles. The Bertz CT molecular complexity index is 160. The highest BCUT2D eigenvalue weighted by atomic mass is 79.9. The number of hydrogen-bond donors (Lipinski definition) is 0. The molecule has 72 valence electrons. The lowest BCUT2D eigenvalue weighted by Crippen LogP contribution is -3.00. The molecule has 1 saturated heterocycles. The molecule has 0 N–H and O–H groups in total. The average Bonchev–Trinajstić information content (AvgIpc) is 2.45. The Morgan fingerprint density at radius 2 is 2.08 bits per heavy atom. The van der Waals surface area contributed by atoms with Crippen molar-refractivity contribution in [3.63, 3.8) is 0 Å². The van der Waals surface area contributed by atoms with Crippen LogP contribution in [0.25, 0.3) is 0 Å². The number of hydrogen-bond acceptors (Lipinski definition) is 0. The minimum atomic E-state index is 0. The average molecular weight is 234 g/mol. The molecular weight excluding hydrogens is 214 g/mol. The van der Waals surface area contributed by atoms with E-state index >= 15 is 0 Å². The Morgan fingerprint density at radius 1 is 1.33 bits per heavy atom. The molecule has 1 heterocycles. The summed E-state index contributed by atoms with van der Waals surface area (Å²) < 4.78 is 1.40. The first-order chi connectivity index (χ1) is 5.24. The Labute approximate surface area is 86.5 Å². The van der Waals surface area contributed by atoms with Crippen LogP contribution in [0.2, 0.25) is 0 Å². The van der Waals surface area contributed by atoms with Gasteiger partial charge in [-0.1, -0.05) is 6.92 Å². The fourth-order valence-corrected chi connectivity index (χ4v) is 3.30. The molecule has 0 radical (unpaired) electrons. The van der Waals surface area contributed by atoms with Crippen molar-refractivity contribution < 1.29 is 21.5 Å². The van der Waals surface area contributed by atoms with Crippen molar-refractivity contribution in [3.05, 3.63) is 0 Å². The van der Waals surface area contributed by atoms with Gasteiger partial charge in [-0.25, -0.2) is 0 Å². The van der Waals surface area contributed by atoms with E-state index in [9.17, 15) is 0 Å². The summed E-state index contributed by atoms with van der Waals surface area (Å²) >= 11 is 0. The summed E-state index contributed by atoms with van der Waals surface area (Å²) in [7, 11) is 2.47. The summed E-state index contributed by atoms with van der Waals surface area (Å²) in [5.74, 6) is 1.09. The van der Waals surface area contributed by atoms with Gasteiger partial charge in [-0.2, -0.15) is 0 Å². The fourth-order valence-electron chi connectivity index (χ4n) is 3.30. The van der Waals surface area contributed by atoms with Crippen LogP contribution in [-0.4, -0.2) is 30.7 Å². The molecule has 1 saturated carbocycles. The number of likely N-dealkylation sites (tertiary alicyclic amines) is 1. The summed E-state index contributed by atoms with van der Waals surface area (Å²) in [5, 5.41) is 0. The lowest BCUT2D eigenvalue weighted by molar-refractivity contribution is -0.925. The van der Waals surface area contributed by atoms with Gasteiger partial charge in [-0.3, -0.25) is 0 Å². The monoisotopic (exact) mass is 233 g/mol. The maximum Gasteiger partial charge on any atom is 0.0893 e. The van der Waals surface area contributed by atoms with Crippen molar-refractivity contribution in [2.24, 2.45) is 5.92 Å². The molecule has 0 aromatic heterocycles. The van der Waals surface area contributed by atoms with Gasteiger partial charge in [-0.05, 0) is 19.3 Å². The van der Waals surface area contributed by atoms with Crippen LogP contribution in [0.4, 0.5) is 0 Å². The molecule has 0 aromatic rings. The van der Waals surface area contributed by atoms with Gasteiger partial charge in [0.15, 0.2) is 0 Å². The van der Waals surface area contributed by atoms with E-state index < -0.39 is 0 Å². The molecule has 0 amide bonds. The summed E-state index contributed by atoms with van der Waals surface area (Å²) in [5.41, 5.74) is 0. The van der Waals surface area contributed by atoms with Crippen LogP contribution in [-0.2, 0) is 0 Å². The molecule has 2 rings (SSSR count). The van der Waals surface area contributed by atoms with Crippen molar-refractivity contribution in [2.45, 2.75) is 38.6 Å². The fraction of sp³-hybridized carbons (Fsp3) is 1.00. The van der Waals surface area contributed by atoms with Gasteiger partial charge in [0.25, 0.3) is 0 Å². The number of halogens is 1. The molecule has 2 bridgehead atoms. The van der Waals surface area contributed by atoms with Gasteiger partial charge in [0.05, 0.1) is 26.2 Å². The maximum absolute atomic E-state index is 2.47. The zero-order chi connectivity index (χ0) is 7.90. The third kappa shape index (κ3) is 1.56. The minimum Gasteiger partial charge on any atom is -1.00 e. The van der Waals surface area contributed by atoms with Crippen molar-refractivity contribution >= 4 is 0 Å². The first-order valence-electron chi connectivity index (χ1n) is 5.09. The quantitative estimate of drug-likeness (QED) is 0.539. The Hall–Kier alpha value is 0.440. The SMILES string of the molecule is CCC[N+]1(C)CC2CCC1C2.[Br-]. The highest BCUT2D eigenvalue weighted by Crippen LogP contribution is 2.41. The molecule has 12 heavy (non-hydrogen) atoms. The largest absolute Gasteiger partial charge is 1.00 e. The zero-order valence-corrected chi connectivity index (χ0v) is 9.81. The van der Waals surface area contributed by atoms with E-state index in [4.69, 9.17) is 0 Å². The van der Waals surface area contributed by atoms with E-state index in [1.807, 2.05) is 0 Å². The van der Waals surface area contributed by atoms with Crippen LogP contribution in [0.1, 0.15) is 32.6 Å². The van der Waals surface area contributed by atoms with Gasteiger partial charge in [0.1, 0.15) is 0 Å². The predicted octanol–water partition coefficient (Wildman–Crippen LogP) is -0.971. The van der Waals surface area contributed by atoms with Crippen LogP contribution in [0.5, 0.6) is 0 Å². The smallest absolute Gasteiger partial charge is 0.0893 e. The number of quaternary nitrogens is 1. The lowest BCUT2D eigenvalue weighted by Gasteiger charge is -2.38. The van der Waals surface area contributed by atoms with Gasteiger partial charge in [0.2, 0.25) is 0 Å². The van der Waals surface area contributed by atoms with Crippen molar-refractivity contribution in [3.8, 4) is 0 Å². The number of piperidine rings is 1. The summed E-state index contributed by atoms with van der Waals surface area (Å²) in [6, 6.07) is 1.04. The van der Waals surface area contributed by atoms with Crippen LogP contribution in [0.15, 0.2) is 0 Å². The van der Waals surface area contributed by atoms with Crippen LogP contribution < -0.4 is 17.0 Å². The molecule has 0 spiro atoms. The molecule has 1 aliphatic heterocycles. The maximum atomic E-state index is 2.47. The second kappa shape index (κ2) is 3.67. The predicted molar refractivity (Wildman–Crippen MR) is 47.3 cm³/mol. The van der Waals surface area contributed by atoms with Crippen molar-refractivity contribution in [2.75, 3.05) is 20.1 Å². The van der Waals surface area contributed by atoms with E-state index in [0.717, 1.165) is 12.0 Å². The molecule has 0 aromatic carbocycles. The Kier molecular flexibility index (Phi) is 3.21. The molecular formula is C10H20BrN. The Morgan fingerprint density at radius 3 is 2.50 bits per heavy atom. The van der Waals surface area contributed by atoms with Crippen LogP contribution >= 0.6 is 0 Å². The number of nitrogens with zero attached hydrogens (tertiary/aromatic N) is 1. The van der Waals surface area contributed by atoms with Gasteiger partial charge < -0.3 is 21.5 Å². The van der Waals surface area contributed by atoms with Crippen LogP contribution in [0, 0.1) is 5.92 Å². The second-order valence-electron chi connectivity index (χ2n) is 4.72. The standard InChI is InChI=1S/C10H20N.BrH/c1-3-6-11(2)8-9-4-5-10(11)7-9;/h9-10H,3-8H2,1-2H3;1H/q+1;/p-1. The number of fused-ring (bicyclic) bond motifs is 2. The summed E-state index contributed by atoms with van der Waals surface area (Å²) in [6.45, 7) is 5.22. The van der Waals surface area contributed by atoms with Crippen molar-refractivity contribution in [1.82, 2.24) is 0 Å². The van der Waals surface area contributed by atoms with Crippen LogP contribution in [0.3, 0.4) is 0 Å². The van der Waals surface area contributed by atoms with Crippen molar-refractivity contribution in [1.29, 1.82) is 0 Å². The van der Waals surface area contributed by atoms with E-state index in [0.29, 0.717) is 0 Å². The second-order valence-corrected chi connectivity index (χ2v) is 4.72. The topological polar surface area (TPSA) is 0 Å². The highest BCUT2D eigenvalue weighted by Gasteiger charge is 2.47. The minimum absolute atomic E-state index is 0. The molecule has 2 fully saturated rings.